The molecular weight excluding hydrogens is 212 g/mol. The summed E-state index contributed by atoms with van der Waals surface area (Å²) in [6, 6.07) is 0. The molecular formula is C11H20O3S. The van der Waals surface area contributed by atoms with Crippen molar-refractivity contribution in [2.45, 2.75) is 6.42 Å². The van der Waals surface area contributed by atoms with Gasteiger partial charge in [-0.1, -0.05) is 0 Å². The molecule has 0 saturated carbocycles. The number of thioether (sulfide) groups is 1. The second-order valence-electron chi connectivity index (χ2n) is 2.78. The quantitative estimate of drug-likeness (QED) is 0.398. The molecule has 0 aliphatic carbocycles. The van der Waals surface area contributed by atoms with Crippen LogP contribution in [0.25, 0.3) is 0 Å². The van der Waals surface area contributed by atoms with Crippen molar-refractivity contribution < 1.29 is 14.2 Å². The minimum absolute atomic E-state index is 0.636. The molecule has 0 unspecified atom stereocenters. The normalized spacial score (nSPS) is 10.1. The molecule has 0 rings (SSSR count). The first-order valence-corrected chi connectivity index (χ1v) is 6.23. The van der Waals surface area contributed by atoms with Crippen LogP contribution in [0.4, 0.5) is 0 Å². The SMILES string of the molecule is C#CCCSCCOCCOCCOC. The average Bonchev–Trinajstić information content (AvgIpc) is 2.26. The van der Waals surface area contributed by atoms with E-state index in [0.717, 1.165) is 24.5 Å². The first-order chi connectivity index (χ1) is 7.41. The molecule has 0 aliphatic heterocycles. The molecule has 4 heteroatoms. The Morgan fingerprint density at radius 2 is 1.67 bits per heavy atom. The average molecular weight is 232 g/mol. The number of terminal acetylenes is 1. The number of ether oxygens (including phenoxy) is 3. The summed E-state index contributed by atoms with van der Waals surface area (Å²) in [7, 11) is 1.66. The van der Waals surface area contributed by atoms with E-state index < -0.39 is 0 Å². The maximum atomic E-state index is 5.36. The lowest BCUT2D eigenvalue weighted by Gasteiger charge is -2.04. The third-order valence-electron chi connectivity index (χ3n) is 1.57. The van der Waals surface area contributed by atoms with Gasteiger partial charge in [-0.2, -0.15) is 11.8 Å². The Balaban J connectivity index is 2.84. The van der Waals surface area contributed by atoms with Crippen LogP contribution in [0.15, 0.2) is 0 Å². The smallest absolute Gasteiger partial charge is 0.0701 e. The number of hydrogen-bond donors (Lipinski definition) is 0. The molecule has 0 bridgehead atoms. The van der Waals surface area contributed by atoms with Gasteiger partial charge in [0.15, 0.2) is 0 Å². The van der Waals surface area contributed by atoms with Gasteiger partial charge in [-0.3, -0.25) is 0 Å². The lowest BCUT2D eigenvalue weighted by Crippen LogP contribution is -2.09. The molecule has 0 aliphatic rings. The van der Waals surface area contributed by atoms with Gasteiger partial charge in [0.1, 0.15) is 0 Å². The molecule has 0 aromatic carbocycles. The predicted molar refractivity (Wildman–Crippen MR) is 64.3 cm³/mol. The summed E-state index contributed by atoms with van der Waals surface area (Å²) < 4.78 is 15.4. The van der Waals surface area contributed by atoms with E-state index in [9.17, 15) is 0 Å². The predicted octanol–water partition coefficient (Wildman–Crippen LogP) is 1.42. The topological polar surface area (TPSA) is 27.7 Å². The molecule has 88 valence electrons. The Labute approximate surface area is 96.9 Å². The van der Waals surface area contributed by atoms with Gasteiger partial charge >= 0.3 is 0 Å². The van der Waals surface area contributed by atoms with E-state index in [-0.39, 0.29) is 0 Å². The Bertz CT molecular complexity index is 156. The van der Waals surface area contributed by atoms with Gasteiger partial charge in [0, 0.05) is 25.0 Å². The summed E-state index contributed by atoms with van der Waals surface area (Å²) in [5.41, 5.74) is 0. The van der Waals surface area contributed by atoms with Crippen LogP contribution >= 0.6 is 11.8 Å². The minimum atomic E-state index is 0.636. The van der Waals surface area contributed by atoms with Gasteiger partial charge in [0.05, 0.1) is 33.0 Å². The Kier molecular flexibility index (Phi) is 13.6. The highest BCUT2D eigenvalue weighted by Gasteiger charge is 1.91. The third-order valence-corrected chi connectivity index (χ3v) is 2.51. The van der Waals surface area contributed by atoms with Crippen molar-refractivity contribution >= 4 is 11.8 Å². The first kappa shape index (κ1) is 14.8. The van der Waals surface area contributed by atoms with Crippen LogP contribution in [-0.2, 0) is 14.2 Å². The van der Waals surface area contributed by atoms with E-state index in [1.165, 1.54) is 0 Å². The molecule has 0 aromatic heterocycles. The fourth-order valence-electron chi connectivity index (χ4n) is 0.815. The van der Waals surface area contributed by atoms with Crippen molar-refractivity contribution in [3.05, 3.63) is 0 Å². The monoisotopic (exact) mass is 232 g/mol. The highest BCUT2D eigenvalue weighted by Crippen LogP contribution is 2.00. The van der Waals surface area contributed by atoms with E-state index in [4.69, 9.17) is 20.6 Å². The van der Waals surface area contributed by atoms with Crippen molar-refractivity contribution in [2.24, 2.45) is 0 Å². The van der Waals surface area contributed by atoms with E-state index in [0.29, 0.717) is 26.4 Å². The van der Waals surface area contributed by atoms with Crippen LogP contribution in [0.1, 0.15) is 6.42 Å². The van der Waals surface area contributed by atoms with Crippen molar-refractivity contribution in [1.29, 1.82) is 0 Å². The second-order valence-corrected chi connectivity index (χ2v) is 4.01. The molecule has 0 radical (unpaired) electrons. The Morgan fingerprint density at radius 3 is 2.33 bits per heavy atom. The molecule has 0 aromatic rings. The number of hydrogen-bond acceptors (Lipinski definition) is 4. The molecule has 0 fully saturated rings. The van der Waals surface area contributed by atoms with Crippen molar-refractivity contribution in [3.63, 3.8) is 0 Å². The van der Waals surface area contributed by atoms with Crippen LogP contribution in [0.2, 0.25) is 0 Å². The Morgan fingerprint density at radius 1 is 1.00 bits per heavy atom. The summed E-state index contributed by atoms with van der Waals surface area (Å²) >= 11 is 1.82. The fraction of sp³-hybridized carbons (Fsp3) is 0.818. The minimum Gasteiger partial charge on any atom is -0.382 e. The zero-order valence-electron chi connectivity index (χ0n) is 9.37. The summed E-state index contributed by atoms with van der Waals surface area (Å²) in [6.07, 6.45) is 5.97. The van der Waals surface area contributed by atoms with Crippen LogP contribution in [0.3, 0.4) is 0 Å². The number of methoxy groups -OCH3 is 1. The molecule has 0 spiro atoms. The molecule has 0 saturated heterocycles. The highest BCUT2D eigenvalue weighted by atomic mass is 32.2. The maximum Gasteiger partial charge on any atom is 0.0701 e. The molecule has 0 N–H and O–H groups in total. The van der Waals surface area contributed by atoms with E-state index >= 15 is 0 Å². The number of rotatable bonds is 11. The summed E-state index contributed by atoms with van der Waals surface area (Å²) in [4.78, 5) is 0. The van der Waals surface area contributed by atoms with Gasteiger partial charge < -0.3 is 14.2 Å². The van der Waals surface area contributed by atoms with Gasteiger partial charge in [0.2, 0.25) is 0 Å². The van der Waals surface area contributed by atoms with E-state index in [2.05, 4.69) is 5.92 Å². The first-order valence-electron chi connectivity index (χ1n) is 5.07. The van der Waals surface area contributed by atoms with E-state index in [1.54, 1.807) is 7.11 Å². The third kappa shape index (κ3) is 13.8. The molecule has 0 amide bonds. The highest BCUT2D eigenvalue weighted by molar-refractivity contribution is 7.99. The van der Waals surface area contributed by atoms with Crippen LogP contribution < -0.4 is 0 Å². The lowest BCUT2D eigenvalue weighted by atomic mass is 10.5. The van der Waals surface area contributed by atoms with Crippen LogP contribution in [-0.4, -0.2) is 51.6 Å². The standard InChI is InChI=1S/C11H20O3S/c1-3-4-10-15-11-9-14-8-7-13-6-5-12-2/h1H,4-11H2,2H3. The Hall–Kier alpha value is -0.210. The van der Waals surface area contributed by atoms with Crippen molar-refractivity contribution in [3.8, 4) is 12.3 Å². The zero-order valence-corrected chi connectivity index (χ0v) is 10.2. The van der Waals surface area contributed by atoms with Crippen molar-refractivity contribution in [1.82, 2.24) is 0 Å². The van der Waals surface area contributed by atoms with Gasteiger partial charge in [0.25, 0.3) is 0 Å². The van der Waals surface area contributed by atoms with Crippen molar-refractivity contribution in [2.75, 3.05) is 51.6 Å². The summed E-state index contributed by atoms with van der Waals surface area (Å²) in [5, 5.41) is 0. The second kappa shape index (κ2) is 13.8. The largest absolute Gasteiger partial charge is 0.382 e. The molecule has 3 nitrogen and oxygen atoms in total. The van der Waals surface area contributed by atoms with Gasteiger partial charge in [-0.25, -0.2) is 0 Å². The molecule has 15 heavy (non-hydrogen) atoms. The van der Waals surface area contributed by atoms with Gasteiger partial charge in [-0.15, -0.1) is 12.3 Å². The van der Waals surface area contributed by atoms with E-state index in [1.807, 2.05) is 11.8 Å². The summed E-state index contributed by atoms with van der Waals surface area (Å²) in [6.45, 7) is 3.33. The van der Waals surface area contributed by atoms with Gasteiger partial charge in [-0.05, 0) is 0 Å². The fourth-order valence-corrected chi connectivity index (χ4v) is 1.52. The molecule has 0 atom stereocenters. The van der Waals surface area contributed by atoms with Crippen LogP contribution in [0, 0.1) is 12.3 Å². The summed E-state index contributed by atoms with van der Waals surface area (Å²) in [5.74, 6) is 4.62. The maximum absolute atomic E-state index is 5.36. The van der Waals surface area contributed by atoms with Crippen LogP contribution in [0.5, 0.6) is 0 Å². The lowest BCUT2D eigenvalue weighted by molar-refractivity contribution is 0.0286. The zero-order chi connectivity index (χ0) is 11.2. The molecule has 0 heterocycles.